The molecule has 1 aliphatic carbocycles. The van der Waals surface area contributed by atoms with Crippen LogP contribution in [0.5, 0.6) is 0 Å². The Balaban J connectivity index is 1.38. The molecule has 4 N–H and O–H groups in total. The molecule has 1 unspecified atom stereocenters. The van der Waals surface area contributed by atoms with E-state index in [0.717, 1.165) is 37.0 Å². The molecule has 2 fully saturated rings. The number of hydrogen-bond acceptors (Lipinski definition) is 8. The number of alkyl halides is 3. The van der Waals surface area contributed by atoms with Crippen LogP contribution in [0.15, 0.2) is 46.9 Å². The van der Waals surface area contributed by atoms with Crippen molar-refractivity contribution in [2.45, 2.75) is 77.3 Å². The number of aromatic nitrogens is 1. The summed E-state index contributed by atoms with van der Waals surface area (Å²) in [7, 11) is 0. The molecule has 1 aliphatic heterocycles. The lowest BCUT2D eigenvalue weighted by Gasteiger charge is -2.43. The summed E-state index contributed by atoms with van der Waals surface area (Å²) in [4.78, 5) is 60.4. The molecule has 2 heterocycles. The predicted molar refractivity (Wildman–Crippen MR) is 176 cm³/mol. The van der Waals surface area contributed by atoms with Crippen LogP contribution in [0.4, 0.5) is 19.2 Å². The Bertz CT molecular complexity index is 1700. The van der Waals surface area contributed by atoms with Crippen molar-refractivity contribution in [2.75, 3.05) is 25.0 Å². The summed E-state index contributed by atoms with van der Waals surface area (Å²) in [5, 5.41) is 6.31. The maximum absolute atomic E-state index is 14.2. The normalized spacial score (nSPS) is 18.8. The largest absolute Gasteiger partial charge is 0.424 e. The van der Waals surface area contributed by atoms with Gasteiger partial charge in [-0.3, -0.25) is 24.1 Å². The Labute approximate surface area is 286 Å². The van der Waals surface area contributed by atoms with Gasteiger partial charge in [0.25, 0.3) is 11.9 Å². The zero-order chi connectivity index (χ0) is 35.7. The molecule has 0 bridgehead atoms. The summed E-state index contributed by atoms with van der Waals surface area (Å²) in [6, 6.07) is 7.04. The van der Waals surface area contributed by atoms with Crippen molar-refractivity contribution in [3.05, 3.63) is 58.6 Å². The number of amides is 3. The fourth-order valence-electron chi connectivity index (χ4n) is 6.14. The SMILES string of the molecule is CC(C)(C)[C@H](Nc1nc2cc(C(F)(F)F)ccc2o1)C(=O)N1CCN(Cc2ccc(Cl)cc2)[C@@H](C(=O)NC(CC2CCC2)C(=O)C(N)=O)C1. The van der Waals surface area contributed by atoms with E-state index in [2.05, 4.69) is 15.6 Å². The molecule has 3 aromatic rings. The molecule has 3 atom stereocenters. The number of nitrogens with two attached hydrogens (primary N) is 1. The van der Waals surface area contributed by atoms with Gasteiger partial charge in [0.2, 0.25) is 17.6 Å². The summed E-state index contributed by atoms with van der Waals surface area (Å²) in [6.45, 7) is 6.29. The first kappa shape index (κ1) is 36.1. The fraction of sp³-hybridized carbons (Fsp3) is 0.500. The third-order valence-electron chi connectivity index (χ3n) is 9.17. The minimum atomic E-state index is -4.56. The van der Waals surface area contributed by atoms with Crippen LogP contribution in [-0.2, 0) is 31.9 Å². The summed E-state index contributed by atoms with van der Waals surface area (Å²) in [5.41, 5.74) is 4.70. The Morgan fingerprint density at radius 3 is 2.35 bits per heavy atom. The first-order valence-electron chi connectivity index (χ1n) is 16.1. The van der Waals surface area contributed by atoms with Crippen LogP contribution >= 0.6 is 11.6 Å². The van der Waals surface area contributed by atoms with E-state index in [0.29, 0.717) is 24.5 Å². The lowest BCUT2D eigenvalue weighted by molar-refractivity contribution is -0.143. The van der Waals surface area contributed by atoms with Gasteiger partial charge in [0, 0.05) is 31.2 Å². The van der Waals surface area contributed by atoms with Crippen LogP contribution in [0, 0.1) is 11.3 Å². The second kappa shape index (κ2) is 14.4. The number of anilines is 1. The Morgan fingerprint density at radius 2 is 1.76 bits per heavy atom. The maximum Gasteiger partial charge on any atom is 0.416 e. The zero-order valence-electron chi connectivity index (χ0n) is 27.5. The third kappa shape index (κ3) is 8.71. The average Bonchev–Trinajstić information content (AvgIpc) is 3.42. The molecular weight excluding hydrogens is 665 g/mol. The molecule has 2 aliphatic rings. The first-order chi connectivity index (χ1) is 23.0. The number of piperazine rings is 1. The smallest absolute Gasteiger partial charge is 0.416 e. The van der Waals surface area contributed by atoms with E-state index in [4.69, 9.17) is 21.8 Å². The molecule has 1 aromatic heterocycles. The van der Waals surface area contributed by atoms with E-state index < -0.39 is 52.9 Å². The molecular formula is C34H40ClF3N6O5. The van der Waals surface area contributed by atoms with E-state index in [9.17, 15) is 32.3 Å². The maximum atomic E-state index is 14.2. The van der Waals surface area contributed by atoms with Gasteiger partial charge < -0.3 is 25.7 Å². The molecule has 0 spiro atoms. The van der Waals surface area contributed by atoms with Crippen molar-refractivity contribution < 1.29 is 36.8 Å². The second-order valence-electron chi connectivity index (χ2n) is 13.9. The van der Waals surface area contributed by atoms with Crippen LogP contribution in [0.3, 0.4) is 0 Å². The van der Waals surface area contributed by atoms with Gasteiger partial charge in [-0.2, -0.15) is 18.2 Å². The van der Waals surface area contributed by atoms with Crippen molar-refractivity contribution in [2.24, 2.45) is 17.1 Å². The number of rotatable bonds is 11. The molecule has 5 rings (SSSR count). The third-order valence-corrected chi connectivity index (χ3v) is 9.42. The van der Waals surface area contributed by atoms with Gasteiger partial charge in [0.15, 0.2) is 5.58 Å². The van der Waals surface area contributed by atoms with E-state index in [1.807, 2.05) is 37.8 Å². The summed E-state index contributed by atoms with van der Waals surface area (Å²) in [6.07, 6.45) is -1.49. The van der Waals surface area contributed by atoms with Gasteiger partial charge in [-0.25, -0.2) is 0 Å². The highest BCUT2D eigenvalue weighted by atomic mass is 35.5. The first-order valence-corrected chi connectivity index (χ1v) is 16.5. The molecule has 264 valence electrons. The highest BCUT2D eigenvalue weighted by Gasteiger charge is 2.42. The molecule has 49 heavy (non-hydrogen) atoms. The zero-order valence-corrected chi connectivity index (χ0v) is 28.2. The number of Topliss-reactive ketones (excluding diaryl/α,β-unsaturated/α-hetero) is 1. The van der Waals surface area contributed by atoms with Crippen molar-refractivity contribution in [3.63, 3.8) is 0 Å². The molecule has 11 nitrogen and oxygen atoms in total. The Kier molecular flexibility index (Phi) is 10.6. The fourth-order valence-corrected chi connectivity index (χ4v) is 6.26. The van der Waals surface area contributed by atoms with Crippen LogP contribution in [0.1, 0.15) is 57.6 Å². The van der Waals surface area contributed by atoms with Gasteiger partial charge in [0.1, 0.15) is 17.6 Å². The number of carbonyl (C=O) groups is 4. The van der Waals surface area contributed by atoms with E-state index in [-0.39, 0.29) is 42.0 Å². The molecule has 2 aromatic carbocycles. The van der Waals surface area contributed by atoms with E-state index >= 15 is 0 Å². The summed E-state index contributed by atoms with van der Waals surface area (Å²) in [5.74, 6) is -2.71. The summed E-state index contributed by atoms with van der Waals surface area (Å²) < 4.78 is 45.5. The van der Waals surface area contributed by atoms with E-state index in [1.165, 1.54) is 11.0 Å². The van der Waals surface area contributed by atoms with Crippen molar-refractivity contribution in [1.29, 1.82) is 0 Å². The number of hydrogen-bond donors (Lipinski definition) is 3. The molecule has 0 radical (unpaired) electrons. The van der Waals surface area contributed by atoms with E-state index in [1.54, 1.807) is 12.1 Å². The highest BCUT2D eigenvalue weighted by Crippen LogP contribution is 2.34. The minimum Gasteiger partial charge on any atom is -0.424 e. The molecule has 15 heteroatoms. The van der Waals surface area contributed by atoms with Crippen molar-refractivity contribution in [3.8, 4) is 0 Å². The number of ketones is 1. The number of oxazole rings is 1. The summed E-state index contributed by atoms with van der Waals surface area (Å²) >= 11 is 6.08. The minimum absolute atomic E-state index is 0.0213. The van der Waals surface area contributed by atoms with Crippen LogP contribution in [-0.4, -0.2) is 76.0 Å². The number of nitrogens with zero attached hydrogens (tertiary/aromatic N) is 3. The number of benzene rings is 2. The lowest BCUT2D eigenvalue weighted by atomic mass is 9.80. The second-order valence-corrected chi connectivity index (χ2v) is 14.3. The van der Waals surface area contributed by atoms with Crippen LogP contribution in [0.25, 0.3) is 11.1 Å². The standard InChI is InChI=1S/C34H40ClF3N6O5/c1-33(2,3)28(42-32-41-23-16-21(34(36,37)38)9-12-26(23)49-32)31(48)44-14-13-43(17-20-7-10-22(35)11-8-20)25(18-44)30(47)40-24(27(45)29(39)46)15-19-5-4-6-19/h7-12,16,19,24-25,28H,4-6,13-15,17-18H2,1-3H3,(H2,39,46)(H,40,47)(H,41,42)/t24?,25-,28-/m1/s1. The number of nitrogens with one attached hydrogen (secondary N) is 2. The van der Waals surface area contributed by atoms with Crippen molar-refractivity contribution >= 4 is 52.2 Å². The number of halogens is 4. The molecule has 3 amide bonds. The molecule has 1 saturated heterocycles. The topological polar surface area (TPSA) is 151 Å². The monoisotopic (exact) mass is 704 g/mol. The average molecular weight is 705 g/mol. The Morgan fingerprint density at radius 1 is 1.06 bits per heavy atom. The quantitative estimate of drug-likeness (QED) is 0.242. The number of primary amides is 1. The van der Waals surface area contributed by atoms with Crippen LogP contribution < -0.4 is 16.4 Å². The Hall–Kier alpha value is -4.17. The van der Waals surface area contributed by atoms with Gasteiger partial charge in [-0.1, -0.05) is 63.8 Å². The number of carbonyl (C=O) groups excluding carboxylic acids is 4. The van der Waals surface area contributed by atoms with Crippen molar-refractivity contribution in [1.82, 2.24) is 20.1 Å². The van der Waals surface area contributed by atoms with Gasteiger partial charge >= 0.3 is 6.18 Å². The van der Waals surface area contributed by atoms with Gasteiger partial charge in [0.05, 0.1) is 11.6 Å². The predicted octanol–water partition coefficient (Wildman–Crippen LogP) is 4.77. The number of fused-ring (bicyclic) bond motifs is 1. The van der Waals surface area contributed by atoms with Gasteiger partial charge in [-0.05, 0) is 53.6 Å². The van der Waals surface area contributed by atoms with Gasteiger partial charge in [-0.15, -0.1) is 0 Å². The lowest BCUT2D eigenvalue weighted by Crippen LogP contribution is -2.63. The van der Waals surface area contributed by atoms with Crippen LogP contribution in [0.2, 0.25) is 5.02 Å². The highest BCUT2D eigenvalue weighted by molar-refractivity contribution is 6.37. The molecule has 1 saturated carbocycles.